The van der Waals surface area contributed by atoms with Crippen LogP contribution in [-0.2, 0) is 4.79 Å². The highest BCUT2D eigenvalue weighted by atomic mass is 35.5. The molecule has 0 aromatic heterocycles. The zero-order valence-electron chi connectivity index (χ0n) is 11.0. The van der Waals surface area contributed by atoms with Crippen LogP contribution in [0.5, 0.6) is 0 Å². The van der Waals surface area contributed by atoms with Gasteiger partial charge >= 0.3 is 0 Å². The van der Waals surface area contributed by atoms with E-state index in [1.54, 1.807) is 48.5 Å². The predicted molar refractivity (Wildman–Crippen MR) is 83.8 cm³/mol. The number of hydrogen-bond donors (Lipinski definition) is 2. The Bertz CT molecular complexity index is 705. The average molecular weight is 298 g/mol. The Morgan fingerprint density at radius 2 is 1.76 bits per heavy atom. The van der Waals surface area contributed by atoms with E-state index >= 15 is 0 Å². The van der Waals surface area contributed by atoms with E-state index in [-0.39, 0.29) is 5.57 Å². The first-order valence-corrected chi connectivity index (χ1v) is 6.56. The van der Waals surface area contributed by atoms with Gasteiger partial charge in [-0.1, -0.05) is 41.9 Å². The van der Waals surface area contributed by atoms with Gasteiger partial charge < -0.3 is 10.6 Å². The third-order valence-corrected chi connectivity index (χ3v) is 2.97. The van der Waals surface area contributed by atoms with Crippen LogP contribution < -0.4 is 10.6 Å². The Hall–Kier alpha value is -2.77. The zero-order valence-corrected chi connectivity index (χ0v) is 11.8. The second-order valence-corrected chi connectivity index (χ2v) is 4.52. The molecule has 0 atom stereocenters. The molecule has 2 rings (SSSR count). The summed E-state index contributed by atoms with van der Waals surface area (Å²) < 4.78 is 0. The highest BCUT2D eigenvalue weighted by molar-refractivity contribution is 6.33. The number of carbonyl (C=O) groups excluding carboxylic acids is 1. The summed E-state index contributed by atoms with van der Waals surface area (Å²) in [5, 5.41) is 15.1. The molecule has 2 N–H and O–H groups in total. The minimum Gasteiger partial charge on any atom is -0.359 e. The SMILES string of the molecule is N#C/C(=C\Nc1ccccc1Cl)C(=O)Nc1ccccc1. The summed E-state index contributed by atoms with van der Waals surface area (Å²) in [4.78, 5) is 12.0. The maximum atomic E-state index is 12.0. The molecule has 0 spiro atoms. The highest BCUT2D eigenvalue weighted by Crippen LogP contribution is 2.20. The first-order chi connectivity index (χ1) is 10.2. The summed E-state index contributed by atoms with van der Waals surface area (Å²) in [6, 6.07) is 17.9. The van der Waals surface area contributed by atoms with Gasteiger partial charge in [0.1, 0.15) is 11.6 Å². The summed E-state index contributed by atoms with van der Waals surface area (Å²) in [6.07, 6.45) is 1.33. The molecule has 104 valence electrons. The zero-order chi connectivity index (χ0) is 15.1. The standard InChI is InChI=1S/C16H12ClN3O/c17-14-8-4-5-9-15(14)19-11-12(10-18)16(21)20-13-6-2-1-3-7-13/h1-9,11,19H,(H,20,21)/b12-11+. The predicted octanol–water partition coefficient (Wildman–Crippen LogP) is 3.80. The van der Waals surface area contributed by atoms with Gasteiger partial charge in [-0.2, -0.15) is 5.26 Å². The molecule has 0 bridgehead atoms. The van der Waals surface area contributed by atoms with Crippen molar-refractivity contribution in [1.82, 2.24) is 0 Å². The topological polar surface area (TPSA) is 64.9 Å². The molecule has 0 radical (unpaired) electrons. The summed E-state index contributed by atoms with van der Waals surface area (Å²) in [5.74, 6) is -0.483. The largest absolute Gasteiger partial charge is 0.359 e. The number of halogens is 1. The lowest BCUT2D eigenvalue weighted by molar-refractivity contribution is -0.112. The van der Waals surface area contributed by atoms with E-state index in [0.717, 1.165) is 0 Å². The number of nitriles is 1. The van der Waals surface area contributed by atoms with Crippen molar-refractivity contribution >= 4 is 28.9 Å². The molecule has 21 heavy (non-hydrogen) atoms. The van der Waals surface area contributed by atoms with Gasteiger partial charge in [0, 0.05) is 11.9 Å². The minimum absolute atomic E-state index is 0.0428. The van der Waals surface area contributed by atoms with Crippen molar-refractivity contribution in [2.24, 2.45) is 0 Å². The molecule has 0 heterocycles. The van der Waals surface area contributed by atoms with Crippen molar-refractivity contribution in [3.63, 3.8) is 0 Å². The van der Waals surface area contributed by atoms with Gasteiger partial charge in [0.05, 0.1) is 10.7 Å². The quantitative estimate of drug-likeness (QED) is 0.666. The normalized spacial score (nSPS) is 10.6. The van der Waals surface area contributed by atoms with Crippen molar-refractivity contribution in [2.75, 3.05) is 10.6 Å². The highest BCUT2D eigenvalue weighted by Gasteiger charge is 2.09. The number of amides is 1. The summed E-state index contributed by atoms with van der Waals surface area (Å²) >= 11 is 5.99. The molecule has 0 unspecified atom stereocenters. The van der Waals surface area contributed by atoms with Crippen LogP contribution in [0.2, 0.25) is 5.02 Å². The van der Waals surface area contributed by atoms with Crippen LogP contribution in [0.3, 0.4) is 0 Å². The molecular formula is C16H12ClN3O. The monoisotopic (exact) mass is 297 g/mol. The summed E-state index contributed by atoms with van der Waals surface area (Å²) in [6.45, 7) is 0. The van der Waals surface area contributed by atoms with Crippen LogP contribution >= 0.6 is 11.6 Å². The molecule has 5 heteroatoms. The molecule has 1 amide bonds. The second-order valence-electron chi connectivity index (χ2n) is 4.11. The first kappa shape index (κ1) is 14.6. The summed E-state index contributed by atoms with van der Waals surface area (Å²) in [5.41, 5.74) is 1.21. The molecule has 0 saturated carbocycles. The fraction of sp³-hybridized carbons (Fsp3) is 0. The number of benzene rings is 2. The molecule has 4 nitrogen and oxygen atoms in total. The molecule has 0 fully saturated rings. The van der Waals surface area contributed by atoms with Crippen molar-refractivity contribution in [3.8, 4) is 6.07 Å². The van der Waals surface area contributed by atoms with E-state index in [1.165, 1.54) is 6.20 Å². The lowest BCUT2D eigenvalue weighted by Gasteiger charge is -2.06. The molecule has 0 aliphatic heterocycles. The molecule has 2 aromatic carbocycles. The third kappa shape index (κ3) is 4.10. The van der Waals surface area contributed by atoms with Gasteiger partial charge in [-0.05, 0) is 24.3 Å². The fourth-order valence-corrected chi connectivity index (χ4v) is 1.79. The Morgan fingerprint density at radius 1 is 1.10 bits per heavy atom. The maximum Gasteiger partial charge on any atom is 0.267 e. The van der Waals surface area contributed by atoms with Gasteiger partial charge in [0.25, 0.3) is 5.91 Å². The van der Waals surface area contributed by atoms with Gasteiger partial charge in [-0.25, -0.2) is 0 Å². The number of nitrogens with one attached hydrogen (secondary N) is 2. The van der Waals surface area contributed by atoms with E-state index in [1.807, 2.05) is 12.1 Å². The number of anilines is 2. The Morgan fingerprint density at radius 3 is 2.43 bits per heavy atom. The van der Waals surface area contributed by atoms with Crippen LogP contribution in [0.1, 0.15) is 0 Å². The van der Waals surface area contributed by atoms with E-state index in [4.69, 9.17) is 16.9 Å². The lowest BCUT2D eigenvalue weighted by atomic mass is 10.2. The van der Waals surface area contributed by atoms with Gasteiger partial charge in [-0.3, -0.25) is 4.79 Å². The first-order valence-electron chi connectivity index (χ1n) is 6.18. The molecular weight excluding hydrogens is 286 g/mol. The Labute approximate surface area is 127 Å². The molecule has 2 aromatic rings. The lowest BCUT2D eigenvalue weighted by Crippen LogP contribution is -2.14. The number of nitrogens with zero attached hydrogens (tertiary/aromatic N) is 1. The van der Waals surface area contributed by atoms with Crippen LogP contribution in [0, 0.1) is 11.3 Å². The van der Waals surface area contributed by atoms with Crippen LogP contribution in [0.4, 0.5) is 11.4 Å². The van der Waals surface area contributed by atoms with Crippen molar-refractivity contribution in [3.05, 3.63) is 71.4 Å². The van der Waals surface area contributed by atoms with E-state index in [2.05, 4.69) is 10.6 Å². The van der Waals surface area contributed by atoms with Crippen molar-refractivity contribution in [2.45, 2.75) is 0 Å². The molecule has 0 aliphatic carbocycles. The minimum atomic E-state index is -0.483. The van der Waals surface area contributed by atoms with E-state index in [9.17, 15) is 4.79 Å². The van der Waals surface area contributed by atoms with E-state index in [0.29, 0.717) is 16.4 Å². The number of carbonyl (C=O) groups is 1. The van der Waals surface area contributed by atoms with Gasteiger partial charge in [0.15, 0.2) is 0 Å². The smallest absolute Gasteiger partial charge is 0.267 e. The summed E-state index contributed by atoms with van der Waals surface area (Å²) in [7, 11) is 0. The molecule has 0 saturated heterocycles. The Kier molecular flexibility index (Phi) is 4.97. The molecule has 0 aliphatic rings. The Balaban J connectivity index is 2.09. The maximum absolute atomic E-state index is 12.0. The van der Waals surface area contributed by atoms with Crippen LogP contribution in [0.25, 0.3) is 0 Å². The fourth-order valence-electron chi connectivity index (χ4n) is 1.60. The van der Waals surface area contributed by atoms with Crippen molar-refractivity contribution < 1.29 is 4.79 Å². The van der Waals surface area contributed by atoms with Gasteiger partial charge in [-0.15, -0.1) is 0 Å². The second kappa shape index (κ2) is 7.13. The number of para-hydroxylation sites is 2. The number of rotatable bonds is 4. The average Bonchev–Trinajstić information content (AvgIpc) is 2.50. The van der Waals surface area contributed by atoms with Crippen LogP contribution in [0.15, 0.2) is 66.4 Å². The number of hydrogen-bond acceptors (Lipinski definition) is 3. The van der Waals surface area contributed by atoms with Crippen LogP contribution in [-0.4, -0.2) is 5.91 Å². The van der Waals surface area contributed by atoms with Crippen molar-refractivity contribution in [1.29, 1.82) is 5.26 Å². The van der Waals surface area contributed by atoms with E-state index < -0.39 is 5.91 Å². The third-order valence-electron chi connectivity index (χ3n) is 2.64. The van der Waals surface area contributed by atoms with Gasteiger partial charge in [0.2, 0.25) is 0 Å².